The summed E-state index contributed by atoms with van der Waals surface area (Å²) in [5.41, 5.74) is 4.56. The molecule has 0 atom stereocenters. The van der Waals surface area contributed by atoms with Crippen molar-refractivity contribution in [1.82, 2.24) is 10.2 Å². The quantitative estimate of drug-likeness (QED) is 0.663. The predicted molar refractivity (Wildman–Crippen MR) is 106 cm³/mol. The Hall–Kier alpha value is -3.54. The third-order valence-corrected chi connectivity index (χ3v) is 4.20. The Morgan fingerprint density at radius 2 is 1.67 bits per heavy atom. The second-order valence-corrected chi connectivity index (χ2v) is 6.32. The number of benzene rings is 2. The molecule has 0 radical (unpaired) electrons. The maximum absolute atomic E-state index is 12.3. The number of anilines is 3. The highest BCUT2D eigenvalue weighted by molar-refractivity contribution is 6.03. The monoisotopic (exact) mass is 360 g/mol. The van der Waals surface area contributed by atoms with Crippen molar-refractivity contribution in [3.05, 3.63) is 77.0 Å². The normalized spacial score (nSPS) is 10.3. The molecule has 6 nitrogen and oxygen atoms in total. The van der Waals surface area contributed by atoms with Gasteiger partial charge in [-0.15, -0.1) is 10.2 Å². The second kappa shape index (κ2) is 7.78. The number of amides is 1. The number of aromatic nitrogens is 2. The Labute approximate surface area is 157 Å². The third kappa shape index (κ3) is 4.55. The molecule has 2 aromatic carbocycles. The minimum Gasteiger partial charge on any atom is -0.339 e. The number of carbonyl (C=O) groups is 2. The zero-order valence-electron chi connectivity index (χ0n) is 15.4. The average Bonchev–Trinajstić information content (AvgIpc) is 2.65. The van der Waals surface area contributed by atoms with Gasteiger partial charge in [0.15, 0.2) is 17.3 Å². The van der Waals surface area contributed by atoms with Gasteiger partial charge in [0, 0.05) is 16.9 Å². The van der Waals surface area contributed by atoms with Crippen LogP contribution in [0, 0.1) is 13.8 Å². The summed E-state index contributed by atoms with van der Waals surface area (Å²) in [6, 6.07) is 16.1. The van der Waals surface area contributed by atoms with Crippen LogP contribution in [0.1, 0.15) is 38.9 Å². The molecule has 1 heterocycles. The van der Waals surface area contributed by atoms with E-state index in [0.717, 1.165) is 5.69 Å². The standard InChI is InChI=1S/C21H20N4O2/c1-13-7-8-18(11-14(13)2)22-20-10-9-19(24-25-20)21(27)23-17-6-4-5-16(12-17)15(3)26/h4-12H,1-3H3,(H,22,25)(H,23,27). The van der Waals surface area contributed by atoms with E-state index in [1.807, 2.05) is 25.1 Å². The summed E-state index contributed by atoms with van der Waals surface area (Å²) in [4.78, 5) is 23.8. The van der Waals surface area contributed by atoms with E-state index in [-0.39, 0.29) is 17.4 Å². The summed E-state index contributed by atoms with van der Waals surface area (Å²) in [6.45, 7) is 5.58. The van der Waals surface area contributed by atoms with Gasteiger partial charge in [-0.3, -0.25) is 9.59 Å². The molecule has 1 aromatic heterocycles. The molecule has 0 saturated carbocycles. The summed E-state index contributed by atoms with van der Waals surface area (Å²) < 4.78 is 0. The fourth-order valence-electron chi connectivity index (χ4n) is 2.50. The van der Waals surface area contributed by atoms with Crippen molar-refractivity contribution in [3.8, 4) is 0 Å². The third-order valence-electron chi connectivity index (χ3n) is 4.20. The number of rotatable bonds is 5. The van der Waals surface area contributed by atoms with E-state index < -0.39 is 0 Å². The summed E-state index contributed by atoms with van der Waals surface area (Å²) in [5.74, 6) is 0.0990. The van der Waals surface area contributed by atoms with Crippen LogP contribution >= 0.6 is 0 Å². The number of hydrogen-bond donors (Lipinski definition) is 2. The Balaban J connectivity index is 1.69. The maximum Gasteiger partial charge on any atom is 0.276 e. The molecule has 3 rings (SSSR count). The molecule has 3 aromatic rings. The summed E-state index contributed by atoms with van der Waals surface area (Å²) in [7, 11) is 0. The van der Waals surface area contributed by atoms with Gasteiger partial charge >= 0.3 is 0 Å². The second-order valence-electron chi connectivity index (χ2n) is 6.32. The van der Waals surface area contributed by atoms with Gasteiger partial charge in [0.2, 0.25) is 0 Å². The Morgan fingerprint density at radius 3 is 2.33 bits per heavy atom. The number of hydrogen-bond acceptors (Lipinski definition) is 5. The van der Waals surface area contributed by atoms with Crippen molar-refractivity contribution in [1.29, 1.82) is 0 Å². The summed E-state index contributed by atoms with van der Waals surface area (Å²) in [5, 5.41) is 13.9. The van der Waals surface area contributed by atoms with Gasteiger partial charge < -0.3 is 10.6 Å². The van der Waals surface area contributed by atoms with Gasteiger partial charge in [0.1, 0.15) is 0 Å². The molecule has 0 fully saturated rings. The average molecular weight is 360 g/mol. The topological polar surface area (TPSA) is 84.0 Å². The molecular formula is C21H20N4O2. The van der Waals surface area contributed by atoms with Gasteiger partial charge in [-0.05, 0) is 68.3 Å². The van der Waals surface area contributed by atoms with Crippen LogP contribution in [0.15, 0.2) is 54.6 Å². The molecule has 0 aliphatic carbocycles. The van der Waals surface area contributed by atoms with Gasteiger partial charge in [0.25, 0.3) is 5.91 Å². The minimum absolute atomic E-state index is 0.0624. The Bertz CT molecular complexity index is 997. The van der Waals surface area contributed by atoms with Crippen molar-refractivity contribution < 1.29 is 9.59 Å². The molecule has 136 valence electrons. The zero-order chi connectivity index (χ0) is 19.4. The fourth-order valence-corrected chi connectivity index (χ4v) is 2.50. The molecule has 27 heavy (non-hydrogen) atoms. The zero-order valence-corrected chi connectivity index (χ0v) is 15.4. The first kappa shape index (κ1) is 18.3. The molecular weight excluding hydrogens is 340 g/mol. The first-order valence-electron chi connectivity index (χ1n) is 8.53. The molecule has 0 spiro atoms. The van der Waals surface area contributed by atoms with Crippen molar-refractivity contribution in [2.45, 2.75) is 20.8 Å². The predicted octanol–water partition coefficient (Wildman–Crippen LogP) is 4.29. The van der Waals surface area contributed by atoms with E-state index in [4.69, 9.17) is 0 Å². The van der Waals surface area contributed by atoms with Gasteiger partial charge in [-0.1, -0.05) is 18.2 Å². The lowest BCUT2D eigenvalue weighted by Crippen LogP contribution is -2.15. The number of Topliss-reactive ketones (excluding diaryl/α,β-unsaturated/α-hetero) is 1. The van der Waals surface area contributed by atoms with Crippen LogP contribution in [-0.4, -0.2) is 21.9 Å². The lowest BCUT2D eigenvalue weighted by molar-refractivity contribution is 0.100. The summed E-state index contributed by atoms with van der Waals surface area (Å²) in [6.07, 6.45) is 0. The number of carbonyl (C=O) groups excluding carboxylic acids is 2. The largest absolute Gasteiger partial charge is 0.339 e. The highest BCUT2D eigenvalue weighted by Gasteiger charge is 2.10. The van der Waals surface area contributed by atoms with E-state index in [9.17, 15) is 9.59 Å². The van der Waals surface area contributed by atoms with Crippen molar-refractivity contribution >= 4 is 28.9 Å². The number of nitrogens with one attached hydrogen (secondary N) is 2. The SMILES string of the molecule is CC(=O)c1cccc(NC(=O)c2ccc(Nc3ccc(C)c(C)c3)nn2)c1. The van der Waals surface area contributed by atoms with Gasteiger partial charge in [0.05, 0.1) is 0 Å². The van der Waals surface area contributed by atoms with Crippen LogP contribution in [0.2, 0.25) is 0 Å². The van der Waals surface area contributed by atoms with Crippen LogP contribution in [-0.2, 0) is 0 Å². The Morgan fingerprint density at radius 1 is 0.852 bits per heavy atom. The van der Waals surface area contributed by atoms with Gasteiger partial charge in [-0.25, -0.2) is 0 Å². The Kier molecular flexibility index (Phi) is 5.26. The van der Waals surface area contributed by atoms with E-state index in [1.165, 1.54) is 18.1 Å². The maximum atomic E-state index is 12.3. The molecule has 0 aliphatic rings. The molecule has 6 heteroatoms. The first-order valence-corrected chi connectivity index (χ1v) is 8.53. The van der Waals surface area contributed by atoms with Crippen molar-refractivity contribution in [2.75, 3.05) is 10.6 Å². The van der Waals surface area contributed by atoms with E-state index >= 15 is 0 Å². The lowest BCUT2D eigenvalue weighted by Gasteiger charge is -2.08. The molecule has 0 unspecified atom stereocenters. The lowest BCUT2D eigenvalue weighted by atomic mass is 10.1. The number of ketones is 1. The molecule has 0 bridgehead atoms. The van der Waals surface area contributed by atoms with E-state index in [2.05, 4.69) is 27.8 Å². The summed E-state index contributed by atoms with van der Waals surface area (Å²) >= 11 is 0. The first-order chi connectivity index (χ1) is 12.9. The fraction of sp³-hybridized carbons (Fsp3) is 0.143. The van der Waals surface area contributed by atoms with E-state index in [0.29, 0.717) is 17.1 Å². The molecule has 2 N–H and O–H groups in total. The van der Waals surface area contributed by atoms with Gasteiger partial charge in [-0.2, -0.15) is 0 Å². The highest BCUT2D eigenvalue weighted by atomic mass is 16.2. The molecule has 1 amide bonds. The smallest absolute Gasteiger partial charge is 0.276 e. The highest BCUT2D eigenvalue weighted by Crippen LogP contribution is 2.18. The minimum atomic E-state index is -0.388. The number of aryl methyl sites for hydroxylation is 2. The van der Waals surface area contributed by atoms with E-state index in [1.54, 1.807) is 36.4 Å². The van der Waals surface area contributed by atoms with Crippen molar-refractivity contribution in [2.24, 2.45) is 0 Å². The van der Waals surface area contributed by atoms with Crippen molar-refractivity contribution in [3.63, 3.8) is 0 Å². The number of nitrogens with zero attached hydrogens (tertiary/aromatic N) is 2. The van der Waals surface area contributed by atoms with Crippen LogP contribution in [0.3, 0.4) is 0 Å². The van der Waals surface area contributed by atoms with Crippen LogP contribution in [0.4, 0.5) is 17.2 Å². The molecule has 0 aliphatic heterocycles. The van der Waals surface area contributed by atoms with Crippen LogP contribution in [0.25, 0.3) is 0 Å². The van der Waals surface area contributed by atoms with Crippen LogP contribution in [0.5, 0.6) is 0 Å². The molecule has 0 saturated heterocycles. The van der Waals surface area contributed by atoms with Crippen LogP contribution < -0.4 is 10.6 Å².